The molecule has 1 aliphatic heterocycles. The van der Waals surface area contributed by atoms with E-state index in [9.17, 15) is 14.7 Å². The summed E-state index contributed by atoms with van der Waals surface area (Å²) < 4.78 is 5.75. The van der Waals surface area contributed by atoms with Gasteiger partial charge in [0.15, 0.2) is 5.69 Å². The molecule has 0 spiro atoms. The zero-order chi connectivity index (χ0) is 27.6. The number of carbonyl (C=O) groups is 2. The highest BCUT2D eigenvalue weighted by molar-refractivity contribution is 6.05. The SMILES string of the molecule is CC(C)OCCN(CCCCc1ccc2c(n1)NCCC2)CCC(NC(=O)c1n[nH]c2ccccc12)C(=O)O. The van der Waals surface area contributed by atoms with Gasteiger partial charge in [0.2, 0.25) is 0 Å². The lowest BCUT2D eigenvalue weighted by Crippen LogP contribution is -2.43. The lowest BCUT2D eigenvalue weighted by molar-refractivity contribution is -0.139. The van der Waals surface area contributed by atoms with Crippen molar-refractivity contribution in [1.82, 2.24) is 25.4 Å². The first-order valence-corrected chi connectivity index (χ1v) is 13.9. The Labute approximate surface area is 229 Å². The Hall–Kier alpha value is -3.50. The van der Waals surface area contributed by atoms with Gasteiger partial charge in [0.05, 0.1) is 18.2 Å². The zero-order valence-electron chi connectivity index (χ0n) is 22.9. The van der Waals surface area contributed by atoms with Crippen LogP contribution < -0.4 is 10.6 Å². The van der Waals surface area contributed by atoms with Crippen LogP contribution in [0.25, 0.3) is 10.9 Å². The molecule has 1 aliphatic rings. The molecule has 4 rings (SSSR count). The number of benzene rings is 1. The van der Waals surface area contributed by atoms with E-state index >= 15 is 0 Å². The number of rotatable bonds is 15. The second-order valence-corrected chi connectivity index (χ2v) is 10.3. The highest BCUT2D eigenvalue weighted by Crippen LogP contribution is 2.20. The third kappa shape index (κ3) is 8.24. The summed E-state index contributed by atoms with van der Waals surface area (Å²) in [4.78, 5) is 31.9. The Morgan fingerprint density at radius 2 is 1.97 bits per heavy atom. The molecule has 39 heavy (non-hydrogen) atoms. The monoisotopic (exact) mass is 536 g/mol. The molecule has 0 aliphatic carbocycles. The Morgan fingerprint density at radius 3 is 2.79 bits per heavy atom. The Balaban J connectivity index is 1.29. The Bertz CT molecular complexity index is 1240. The number of aromatic nitrogens is 3. The molecule has 2 aromatic heterocycles. The standard InChI is InChI=1S/C29H40N6O4/c1-20(2)39-19-18-35(16-6-5-9-22-13-12-21-8-7-15-30-27(21)31-22)17-14-25(29(37)38)32-28(36)26-23-10-3-4-11-24(23)33-34-26/h3-4,10-13,20,25H,5-9,14-19H2,1-2H3,(H,30,31)(H,32,36)(H,33,34)(H,37,38). The fourth-order valence-electron chi connectivity index (χ4n) is 4.83. The number of ether oxygens (including phenoxy) is 1. The Morgan fingerprint density at radius 1 is 1.13 bits per heavy atom. The third-order valence-electron chi connectivity index (χ3n) is 6.99. The van der Waals surface area contributed by atoms with Crippen LogP contribution in [0.3, 0.4) is 0 Å². The molecule has 1 aromatic carbocycles. The number of aryl methyl sites for hydroxylation is 2. The molecule has 1 unspecified atom stereocenters. The lowest BCUT2D eigenvalue weighted by atomic mass is 10.1. The molecule has 1 amide bonds. The highest BCUT2D eigenvalue weighted by atomic mass is 16.5. The predicted octanol–water partition coefficient (Wildman–Crippen LogP) is 3.64. The summed E-state index contributed by atoms with van der Waals surface area (Å²) in [5, 5.41) is 23.5. The number of hydrogen-bond acceptors (Lipinski definition) is 7. The number of nitrogens with zero attached hydrogens (tertiary/aromatic N) is 3. The number of aliphatic carboxylic acids is 1. The number of carbonyl (C=O) groups excluding carboxylic acids is 1. The lowest BCUT2D eigenvalue weighted by Gasteiger charge is -2.25. The number of carboxylic acid groups (broad SMARTS) is 1. The van der Waals surface area contributed by atoms with Crippen LogP contribution in [-0.4, -0.2) is 82.0 Å². The smallest absolute Gasteiger partial charge is 0.326 e. The maximum Gasteiger partial charge on any atom is 0.326 e. The normalized spacial score (nSPS) is 13.8. The quantitative estimate of drug-likeness (QED) is 0.217. The molecular weight excluding hydrogens is 496 g/mol. The summed E-state index contributed by atoms with van der Waals surface area (Å²) in [5.74, 6) is -0.536. The van der Waals surface area contributed by atoms with Crippen LogP contribution in [0.2, 0.25) is 0 Å². The molecular formula is C29H40N6O4. The maximum atomic E-state index is 12.9. The van der Waals surface area contributed by atoms with Crippen molar-refractivity contribution in [3.63, 3.8) is 0 Å². The maximum absolute atomic E-state index is 12.9. The Kier molecular flexibility index (Phi) is 10.3. The van der Waals surface area contributed by atoms with Crippen LogP contribution in [0, 0.1) is 0 Å². The summed E-state index contributed by atoms with van der Waals surface area (Å²) in [6.45, 7) is 7.59. The molecule has 0 radical (unpaired) electrons. The average Bonchev–Trinajstić information content (AvgIpc) is 3.36. The summed E-state index contributed by atoms with van der Waals surface area (Å²) in [6.07, 6.45) is 5.48. The fraction of sp³-hybridized carbons (Fsp3) is 0.517. The van der Waals surface area contributed by atoms with Crippen LogP contribution in [-0.2, 0) is 22.4 Å². The average molecular weight is 537 g/mol. The minimum atomic E-state index is -1.06. The molecule has 0 fully saturated rings. The van der Waals surface area contributed by atoms with Crippen molar-refractivity contribution in [1.29, 1.82) is 0 Å². The van der Waals surface area contributed by atoms with Gasteiger partial charge in [0, 0.05) is 30.7 Å². The molecule has 210 valence electrons. The van der Waals surface area contributed by atoms with E-state index in [1.54, 1.807) is 6.07 Å². The number of unbranched alkanes of at least 4 members (excludes halogenated alkanes) is 1. The molecule has 4 N–H and O–H groups in total. The second-order valence-electron chi connectivity index (χ2n) is 10.3. The van der Waals surface area contributed by atoms with Gasteiger partial charge in [-0.15, -0.1) is 0 Å². The van der Waals surface area contributed by atoms with Gasteiger partial charge in [-0.2, -0.15) is 5.10 Å². The molecule has 10 nitrogen and oxygen atoms in total. The van der Waals surface area contributed by atoms with Gasteiger partial charge in [0.1, 0.15) is 11.9 Å². The van der Waals surface area contributed by atoms with Gasteiger partial charge in [-0.3, -0.25) is 9.89 Å². The number of anilines is 1. The minimum absolute atomic E-state index is 0.130. The number of H-pyrrole nitrogens is 1. The number of pyridine rings is 1. The van der Waals surface area contributed by atoms with E-state index in [4.69, 9.17) is 9.72 Å². The van der Waals surface area contributed by atoms with E-state index in [-0.39, 0.29) is 18.2 Å². The number of carboxylic acids is 1. The van der Waals surface area contributed by atoms with E-state index in [1.165, 1.54) is 5.56 Å². The summed E-state index contributed by atoms with van der Waals surface area (Å²) in [5.41, 5.74) is 3.32. The first-order valence-electron chi connectivity index (χ1n) is 13.9. The topological polar surface area (TPSA) is 132 Å². The van der Waals surface area contributed by atoms with Crippen LogP contribution in [0.4, 0.5) is 5.82 Å². The van der Waals surface area contributed by atoms with Crippen molar-refractivity contribution >= 4 is 28.6 Å². The number of aromatic amines is 1. The van der Waals surface area contributed by atoms with Crippen LogP contribution >= 0.6 is 0 Å². The van der Waals surface area contributed by atoms with E-state index in [2.05, 4.69) is 37.9 Å². The molecule has 1 atom stereocenters. The number of fused-ring (bicyclic) bond motifs is 2. The molecule has 3 heterocycles. The van der Waals surface area contributed by atoms with Gasteiger partial charge in [-0.05, 0) is 76.6 Å². The number of amides is 1. The summed E-state index contributed by atoms with van der Waals surface area (Å²) in [6, 6.07) is 10.6. The molecule has 3 aromatic rings. The van der Waals surface area contributed by atoms with Crippen molar-refractivity contribution in [3.8, 4) is 0 Å². The highest BCUT2D eigenvalue weighted by Gasteiger charge is 2.24. The van der Waals surface area contributed by atoms with E-state index in [0.717, 1.165) is 62.2 Å². The number of para-hydroxylation sites is 1. The van der Waals surface area contributed by atoms with E-state index in [1.807, 2.05) is 32.0 Å². The molecule has 0 saturated carbocycles. The first kappa shape index (κ1) is 28.5. The van der Waals surface area contributed by atoms with Gasteiger partial charge in [-0.25, -0.2) is 9.78 Å². The van der Waals surface area contributed by atoms with Crippen molar-refractivity contribution in [2.45, 2.75) is 64.5 Å². The van der Waals surface area contributed by atoms with Crippen LogP contribution in [0.15, 0.2) is 36.4 Å². The molecule has 10 heteroatoms. The van der Waals surface area contributed by atoms with E-state index < -0.39 is 17.9 Å². The molecule has 0 bridgehead atoms. The minimum Gasteiger partial charge on any atom is -0.480 e. The largest absolute Gasteiger partial charge is 0.480 e. The zero-order valence-corrected chi connectivity index (χ0v) is 22.9. The van der Waals surface area contributed by atoms with Crippen molar-refractivity contribution in [3.05, 3.63) is 53.3 Å². The second kappa shape index (κ2) is 14.0. The fourth-order valence-corrected chi connectivity index (χ4v) is 4.83. The summed E-state index contributed by atoms with van der Waals surface area (Å²) in [7, 11) is 0. The van der Waals surface area contributed by atoms with Crippen LogP contribution in [0.1, 0.15) is 61.3 Å². The molecule has 0 saturated heterocycles. The van der Waals surface area contributed by atoms with Crippen molar-refractivity contribution < 1.29 is 19.4 Å². The van der Waals surface area contributed by atoms with Crippen LogP contribution in [0.5, 0.6) is 0 Å². The van der Waals surface area contributed by atoms with Crippen molar-refractivity contribution in [2.75, 3.05) is 38.1 Å². The van der Waals surface area contributed by atoms with Gasteiger partial charge < -0.3 is 25.4 Å². The van der Waals surface area contributed by atoms with Gasteiger partial charge >= 0.3 is 5.97 Å². The third-order valence-corrected chi connectivity index (χ3v) is 6.99. The van der Waals surface area contributed by atoms with E-state index in [0.29, 0.717) is 25.1 Å². The predicted molar refractivity (Wildman–Crippen MR) is 151 cm³/mol. The van der Waals surface area contributed by atoms with Gasteiger partial charge in [-0.1, -0.05) is 24.3 Å². The number of nitrogens with one attached hydrogen (secondary N) is 3. The number of hydrogen-bond donors (Lipinski definition) is 4. The van der Waals surface area contributed by atoms with Gasteiger partial charge in [0.25, 0.3) is 5.91 Å². The first-order chi connectivity index (χ1) is 18.9. The summed E-state index contributed by atoms with van der Waals surface area (Å²) >= 11 is 0. The van der Waals surface area contributed by atoms with Crippen molar-refractivity contribution in [2.24, 2.45) is 0 Å².